The number of nitrogen functional groups attached to an aromatic ring is 1. The number of rotatable bonds is 2. The van der Waals surface area contributed by atoms with Crippen molar-refractivity contribution in [2.24, 2.45) is 16.7 Å². The third-order valence-electron chi connectivity index (χ3n) is 6.19. The smallest absolute Gasteiger partial charge is 0.338 e. The van der Waals surface area contributed by atoms with Crippen molar-refractivity contribution in [1.82, 2.24) is 0 Å². The first kappa shape index (κ1) is 14.4. The Bertz CT molecular complexity index is 598. The minimum atomic E-state index is -0.514. The van der Waals surface area contributed by atoms with Gasteiger partial charge in [0.15, 0.2) is 0 Å². The molecule has 3 unspecified atom stereocenters. The van der Waals surface area contributed by atoms with E-state index in [0.29, 0.717) is 11.5 Å². The number of halogens is 1. The number of carbonyl (C=O) groups is 1. The zero-order valence-corrected chi connectivity index (χ0v) is 12.8. The summed E-state index contributed by atoms with van der Waals surface area (Å²) in [5, 5.41) is 0. The number of fused-ring (bicyclic) bond motifs is 2. The molecule has 2 aliphatic rings. The lowest BCUT2D eigenvalue weighted by molar-refractivity contribution is -0.0242. The summed E-state index contributed by atoms with van der Waals surface area (Å²) in [4.78, 5) is 12.3. The number of ether oxygens (including phenoxy) is 1. The van der Waals surface area contributed by atoms with E-state index in [1.807, 2.05) is 0 Å². The van der Waals surface area contributed by atoms with E-state index < -0.39 is 11.8 Å². The third kappa shape index (κ3) is 1.95. The van der Waals surface area contributed by atoms with Gasteiger partial charge in [0.05, 0.1) is 11.3 Å². The first-order valence-corrected chi connectivity index (χ1v) is 7.52. The van der Waals surface area contributed by atoms with Crippen LogP contribution < -0.4 is 5.73 Å². The van der Waals surface area contributed by atoms with Gasteiger partial charge in [-0.1, -0.05) is 20.8 Å². The minimum Gasteiger partial charge on any atom is -0.458 e. The van der Waals surface area contributed by atoms with Crippen LogP contribution in [0.2, 0.25) is 0 Å². The summed E-state index contributed by atoms with van der Waals surface area (Å²) in [5.41, 5.74) is 6.03. The van der Waals surface area contributed by atoms with Gasteiger partial charge in [-0.25, -0.2) is 9.18 Å². The molecule has 2 saturated carbocycles. The molecule has 2 aliphatic carbocycles. The van der Waals surface area contributed by atoms with E-state index in [1.54, 1.807) is 0 Å². The molecule has 1 aromatic carbocycles. The molecule has 1 aromatic rings. The number of carbonyl (C=O) groups excluding carboxylic acids is 1. The average molecular weight is 291 g/mol. The Balaban J connectivity index is 1.79. The topological polar surface area (TPSA) is 52.3 Å². The summed E-state index contributed by atoms with van der Waals surface area (Å²) in [6, 6.07) is 3.98. The van der Waals surface area contributed by atoms with E-state index in [2.05, 4.69) is 20.8 Å². The van der Waals surface area contributed by atoms with Gasteiger partial charge in [-0.3, -0.25) is 0 Å². The van der Waals surface area contributed by atoms with Gasteiger partial charge in [-0.15, -0.1) is 0 Å². The maximum Gasteiger partial charge on any atom is 0.338 e. The van der Waals surface area contributed by atoms with Crippen LogP contribution in [0.1, 0.15) is 50.4 Å². The molecule has 21 heavy (non-hydrogen) atoms. The summed E-state index contributed by atoms with van der Waals surface area (Å²) in [7, 11) is 0. The summed E-state index contributed by atoms with van der Waals surface area (Å²) in [6.45, 7) is 6.76. The van der Waals surface area contributed by atoms with Crippen LogP contribution >= 0.6 is 0 Å². The molecule has 0 amide bonds. The Hall–Kier alpha value is -1.58. The van der Waals surface area contributed by atoms with E-state index in [9.17, 15) is 9.18 Å². The second-order valence-electron chi connectivity index (χ2n) is 7.24. The molecule has 114 valence electrons. The Morgan fingerprint density at radius 1 is 1.38 bits per heavy atom. The van der Waals surface area contributed by atoms with Gasteiger partial charge in [-0.2, -0.15) is 0 Å². The van der Waals surface area contributed by atoms with E-state index in [1.165, 1.54) is 24.6 Å². The highest BCUT2D eigenvalue weighted by Gasteiger charge is 2.62. The predicted molar refractivity (Wildman–Crippen MR) is 79.2 cm³/mol. The lowest BCUT2D eigenvalue weighted by Crippen LogP contribution is -2.38. The largest absolute Gasteiger partial charge is 0.458 e. The number of hydrogen-bond acceptors (Lipinski definition) is 3. The van der Waals surface area contributed by atoms with Crippen LogP contribution in [0, 0.1) is 22.6 Å². The van der Waals surface area contributed by atoms with Crippen molar-refractivity contribution >= 4 is 11.7 Å². The van der Waals surface area contributed by atoms with Crippen molar-refractivity contribution in [3.05, 3.63) is 29.6 Å². The summed E-state index contributed by atoms with van der Waals surface area (Å²) in [5.74, 6) is -0.311. The molecule has 0 saturated heterocycles. The van der Waals surface area contributed by atoms with Crippen LogP contribution in [0.3, 0.4) is 0 Å². The van der Waals surface area contributed by atoms with Crippen molar-refractivity contribution < 1.29 is 13.9 Å². The van der Waals surface area contributed by atoms with Crippen molar-refractivity contribution in [2.45, 2.75) is 46.1 Å². The Morgan fingerprint density at radius 2 is 2.10 bits per heavy atom. The summed E-state index contributed by atoms with van der Waals surface area (Å²) in [6.07, 6.45) is 3.16. The lowest BCUT2D eigenvalue weighted by Gasteiger charge is -2.38. The fourth-order valence-electron chi connectivity index (χ4n) is 4.18. The quantitative estimate of drug-likeness (QED) is 0.666. The molecule has 2 N–H and O–H groups in total. The second kappa shape index (κ2) is 4.46. The molecule has 3 atom stereocenters. The molecular weight excluding hydrogens is 269 g/mol. The van der Waals surface area contributed by atoms with Gasteiger partial charge in [0.2, 0.25) is 0 Å². The standard InChI is InChI=1S/C17H22FNO2/c1-16(2)11-6-7-17(16,3)14(9-11)21-15(20)10-4-5-12(18)13(19)8-10/h4-5,8,11,14H,6-7,9,19H2,1-3H3. The number of benzene rings is 1. The highest BCUT2D eigenvalue weighted by Crippen LogP contribution is 2.66. The van der Waals surface area contributed by atoms with E-state index in [-0.39, 0.29) is 22.6 Å². The van der Waals surface area contributed by atoms with Crippen molar-refractivity contribution in [1.29, 1.82) is 0 Å². The van der Waals surface area contributed by atoms with Gasteiger partial charge >= 0.3 is 5.97 Å². The molecular formula is C17H22FNO2. The van der Waals surface area contributed by atoms with E-state index >= 15 is 0 Å². The molecule has 4 heteroatoms. The van der Waals surface area contributed by atoms with Crippen LogP contribution in [0.4, 0.5) is 10.1 Å². The lowest BCUT2D eigenvalue weighted by atomic mass is 9.70. The fraction of sp³-hybridized carbons (Fsp3) is 0.588. The highest BCUT2D eigenvalue weighted by atomic mass is 19.1. The monoisotopic (exact) mass is 291 g/mol. The molecule has 0 spiro atoms. The molecule has 0 aliphatic heterocycles. The fourth-order valence-corrected chi connectivity index (χ4v) is 4.18. The predicted octanol–water partition coefficient (Wildman–Crippen LogP) is 3.78. The van der Waals surface area contributed by atoms with Crippen LogP contribution in [0.15, 0.2) is 18.2 Å². The third-order valence-corrected chi connectivity index (χ3v) is 6.19. The van der Waals surface area contributed by atoms with Crippen LogP contribution in [-0.2, 0) is 4.74 Å². The molecule has 2 bridgehead atoms. The number of hydrogen-bond donors (Lipinski definition) is 1. The normalized spacial score (nSPS) is 33.1. The summed E-state index contributed by atoms with van der Waals surface area (Å²) >= 11 is 0. The number of nitrogens with two attached hydrogens (primary N) is 1. The van der Waals surface area contributed by atoms with Crippen molar-refractivity contribution in [3.63, 3.8) is 0 Å². The van der Waals surface area contributed by atoms with Gasteiger partial charge in [0, 0.05) is 5.41 Å². The van der Waals surface area contributed by atoms with Gasteiger partial charge in [0.25, 0.3) is 0 Å². The first-order chi connectivity index (χ1) is 9.75. The van der Waals surface area contributed by atoms with Crippen molar-refractivity contribution in [2.75, 3.05) is 5.73 Å². The van der Waals surface area contributed by atoms with E-state index in [0.717, 1.165) is 12.8 Å². The maximum absolute atomic E-state index is 13.2. The highest BCUT2D eigenvalue weighted by molar-refractivity contribution is 5.90. The van der Waals surface area contributed by atoms with Gasteiger partial charge in [0.1, 0.15) is 11.9 Å². The summed E-state index contributed by atoms with van der Waals surface area (Å²) < 4.78 is 18.9. The zero-order valence-electron chi connectivity index (χ0n) is 12.8. The van der Waals surface area contributed by atoms with Gasteiger partial charge < -0.3 is 10.5 Å². The average Bonchev–Trinajstić information content (AvgIpc) is 2.75. The number of anilines is 1. The molecule has 3 rings (SSSR count). The molecule has 0 heterocycles. The SMILES string of the molecule is CC1(C)C2CCC1(C)C(OC(=O)c1ccc(F)c(N)c1)C2. The van der Waals surface area contributed by atoms with Crippen LogP contribution in [0.25, 0.3) is 0 Å². The molecule has 2 fully saturated rings. The Labute approximate surface area is 124 Å². The molecule has 3 nitrogen and oxygen atoms in total. The van der Waals surface area contributed by atoms with Gasteiger partial charge in [-0.05, 0) is 48.8 Å². The van der Waals surface area contributed by atoms with E-state index in [4.69, 9.17) is 10.5 Å². The second-order valence-corrected chi connectivity index (χ2v) is 7.24. The van der Waals surface area contributed by atoms with Crippen LogP contribution in [0.5, 0.6) is 0 Å². The molecule has 0 radical (unpaired) electrons. The molecule has 0 aromatic heterocycles. The minimum absolute atomic E-state index is 0.0241. The zero-order chi connectivity index (χ0) is 15.4. The Kier molecular flexibility index (Phi) is 3.05. The van der Waals surface area contributed by atoms with Crippen molar-refractivity contribution in [3.8, 4) is 0 Å². The van der Waals surface area contributed by atoms with Crippen LogP contribution in [-0.4, -0.2) is 12.1 Å². The Morgan fingerprint density at radius 3 is 2.62 bits per heavy atom. The number of esters is 1. The maximum atomic E-state index is 13.2. The first-order valence-electron chi connectivity index (χ1n) is 7.52.